The highest BCUT2D eigenvalue weighted by Crippen LogP contribution is 2.40. The second kappa shape index (κ2) is 5.45. The maximum absolute atomic E-state index is 12.7. The van der Waals surface area contributed by atoms with Crippen LogP contribution in [-0.2, 0) is 4.79 Å². The van der Waals surface area contributed by atoms with Gasteiger partial charge < -0.3 is 11.1 Å². The number of nitrogens with one attached hydrogen (secondary N) is 1. The van der Waals surface area contributed by atoms with Crippen molar-refractivity contribution in [2.75, 3.05) is 5.32 Å². The van der Waals surface area contributed by atoms with Crippen molar-refractivity contribution in [3.8, 4) is 0 Å². The molecule has 0 bridgehead atoms. The van der Waals surface area contributed by atoms with Gasteiger partial charge in [-0.25, -0.2) is 0 Å². The van der Waals surface area contributed by atoms with Crippen LogP contribution in [0, 0.1) is 5.41 Å². The quantitative estimate of drug-likeness (QED) is 0.851. The van der Waals surface area contributed by atoms with Gasteiger partial charge in [-0.05, 0) is 24.3 Å². The van der Waals surface area contributed by atoms with Gasteiger partial charge >= 0.3 is 0 Å². The van der Waals surface area contributed by atoms with E-state index in [1.807, 2.05) is 42.5 Å². The van der Waals surface area contributed by atoms with E-state index in [2.05, 4.69) is 5.32 Å². The first-order chi connectivity index (χ1) is 10.1. The monoisotopic (exact) mass is 298 g/mol. The lowest BCUT2D eigenvalue weighted by Crippen LogP contribution is -2.43. The number of hydrogen-bond acceptors (Lipinski definition) is 2. The third-order valence-electron chi connectivity index (χ3n) is 4.40. The number of nitrogens with two attached hydrogens (primary N) is 1. The fourth-order valence-electron chi connectivity index (χ4n) is 3.14. The first-order valence-electron chi connectivity index (χ1n) is 7.23. The summed E-state index contributed by atoms with van der Waals surface area (Å²) >= 11 is 5.17. The van der Waals surface area contributed by atoms with E-state index in [-0.39, 0.29) is 5.91 Å². The molecule has 2 aromatic rings. The number of hydrogen-bond donors (Lipinski definition) is 2. The molecular formula is C17H18N2OS. The number of thiocarbonyl (C=S) groups is 1. The predicted octanol–water partition coefficient (Wildman–Crippen LogP) is 3.62. The molecule has 0 radical (unpaired) electrons. The average Bonchev–Trinajstić information content (AvgIpc) is 2.98. The lowest BCUT2D eigenvalue weighted by atomic mass is 9.85. The zero-order valence-electron chi connectivity index (χ0n) is 11.8. The van der Waals surface area contributed by atoms with Gasteiger partial charge in [-0.15, -0.1) is 0 Å². The Hall–Kier alpha value is -1.94. The van der Waals surface area contributed by atoms with Crippen molar-refractivity contribution in [1.82, 2.24) is 0 Å². The molecule has 1 fully saturated rings. The van der Waals surface area contributed by atoms with Crippen molar-refractivity contribution >= 4 is 39.6 Å². The molecule has 0 atom stereocenters. The molecule has 0 saturated heterocycles. The highest BCUT2D eigenvalue weighted by molar-refractivity contribution is 7.80. The topological polar surface area (TPSA) is 55.1 Å². The Labute approximate surface area is 129 Å². The van der Waals surface area contributed by atoms with Crippen molar-refractivity contribution in [3.63, 3.8) is 0 Å². The Bertz CT molecular complexity index is 700. The SMILES string of the molecule is NC(=S)C1(C(=O)Nc2cccc3ccccc23)CCCC1. The van der Waals surface area contributed by atoms with Gasteiger partial charge in [-0.3, -0.25) is 4.79 Å². The van der Waals surface area contributed by atoms with Crippen molar-refractivity contribution < 1.29 is 4.79 Å². The molecule has 1 aliphatic rings. The summed E-state index contributed by atoms with van der Waals surface area (Å²) in [6.07, 6.45) is 3.50. The van der Waals surface area contributed by atoms with E-state index < -0.39 is 5.41 Å². The minimum absolute atomic E-state index is 0.0659. The maximum Gasteiger partial charge on any atom is 0.237 e. The first-order valence-corrected chi connectivity index (χ1v) is 7.63. The van der Waals surface area contributed by atoms with Gasteiger partial charge in [0.2, 0.25) is 5.91 Å². The Balaban J connectivity index is 1.95. The van der Waals surface area contributed by atoms with Crippen LogP contribution in [0.3, 0.4) is 0 Å². The Kier molecular flexibility index (Phi) is 3.64. The van der Waals surface area contributed by atoms with E-state index in [4.69, 9.17) is 18.0 Å². The van der Waals surface area contributed by atoms with Crippen molar-refractivity contribution in [2.45, 2.75) is 25.7 Å². The van der Waals surface area contributed by atoms with Gasteiger partial charge in [0.1, 0.15) is 0 Å². The van der Waals surface area contributed by atoms with Gasteiger partial charge in [0.05, 0.1) is 10.4 Å². The molecule has 3 nitrogen and oxygen atoms in total. The zero-order valence-corrected chi connectivity index (χ0v) is 12.6. The van der Waals surface area contributed by atoms with Crippen LogP contribution in [-0.4, -0.2) is 10.9 Å². The maximum atomic E-state index is 12.7. The van der Waals surface area contributed by atoms with E-state index >= 15 is 0 Å². The summed E-state index contributed by atoms with van der Waals surface area (Å²) in [6.45, 7) is 0. The second-order valence-electron chi connectivity index (χ2n) is 5.63. The standard InChI is InChI=1S/C17H18N2OS/c18-15(21)17(10-3-4-11-17)16(20)19-14-9-5-7-12-6-1-2-8-13(12)14/h1-2,5-9H,3-4,10-11H2,(H2,18,21)(H,19,20). The molecule has 3 rings (SSSR count). The lowest BCUT2D eigenvalue weighted by Gasteiger charge is -2.26. The summed E-state index contributed by atoms with van der Waals surface area (Å²) in [7, 11) is 0. The zero-order chi connectivity index (χ0) is 14.9. The molecule has 1 amide bonds. The van der Waals surface area contributed by atoms with E-state index in [0.29, 0.717) is 4.99 Å². The predicted molar refractivity (Wildman–Crippen MR) is 90.3 cm³/mol. The largest absolute Gasteiger partial charge is 0.392 e. The number of carbonyl (C=O) groups excluding carboxylic acids is 1. The summed E-state index contributed by atoms with van der Waals surface area (Å²) in [5.74, 6) is -0.0659. The molecule has 108 valence electrons. The van der Waals surface area contributed by atoms with Crippen molar-refractivity contribution in [3.05, 3.63) is 42.5 Å². The van der Waals surface area contributed by atoms with Gasteiger partial charge in [-0.2, -0.15) is 0 Å². The van der Waals surface area contributed by atoms with Gasteiger partial charge in [0.25, 0.3) is 0 Å². The van der Waals surface area contributed by atoms with Crippen LogP contribution >= 0.6 is 12.2 Å². The molecule has 1 saturated carbocycles. The van der Waals surface area contributed by atoms with E-state index in [9.17, 15) is 4.79 Å². The molecule has 0 aliphatic heterocycles. The third-order valence-corrected chi connectivity index (χ3v) is 4.79. The molecule has 0 spiro atoms. The fraction of sp³-hybridized carbons (Fsp3) is 0.294. The average molecular weight is 298 g/mol. The minimum Gasteiger partial charge on any atom is -0.392 e. The summed E-state index contributed by atoms with van der Waals surface area (Å²) < 4.78 is 0. The number of amides is 1. The number of anilines is 1. The number of rotatable bonds is 3. The van der Waals surface area contributed by atoms with Crippen LogP contribution in [0.5, 0.6) is 0 Å². The van der Waals surface area contributed by atoms with Gasteiger partial charge in [0, 0.05) is 11.1 Å². The van der Waals surface area contributed by atoms with Crippen LogP contribution in [0.4, 0.5) is 5.69 Å². The van der Waals surface area contributed by atoms with Crippen molar-refractivity contribution in [1.29, 1.82) is 0 Å². The Morgan fingerprint density at radius 2 is 1.76 bits per heavy atom. The Morgan fingerprint density at radius 1 is 1.10 bits per heavy atom. The summed E-state index contributed by atoms with van der Waals surface area (Å²) in [5.41, 5.74) is 6.02. The van der Waals surface area contributed by atoms with Gasteiger partial charge in [-0.1, -0.05) is 61.5 Å². The van der Waals surface area contributed by atoms with Crippen LogP contribution in [0.25, 0.3) is 10.8 Å². The molecule has 2 aromatic carbocycles. The normalized spacial score (nSPS) is 16.8. The number of carbonyl (C=O) groups is 1. The van der Waals surface area contributed by atoms with Crippen LogP contribution in [0.1, 0.15) is 25.7 Å². The summed E-state index contributed by atoms with van der Waals surface area (Å²) in [4.78, 5) is 13.1. The molecular weight excluding hydrogens is 280 g/mol. The molecule has 21 heavy (non-hydrogen) atoms. The van der Waals surface area contributed by atoms with Crippen LogP contribution in [0.2, 0.25) is 0 Å². The fourth-order valence-corrected chi connectivity index (χ4v) is 3.44. The molecule has 0 unspecified atom stereocenters. The third kappa shape index (κ3) is 2.40. The van der Waals surface area contributed by atoms with E-state index in [1.54, 1.807) is 0 Å². The lowest BCUT2D eigenvalue weighted by molar-refractivity contribution is -0.122. The van der Waals surface area contributed by atoms with Crippen molar-refractivity contribution in [2.24, 2.45) is 11.1 Å². The van der Waals surface area contributed by atoms with Gasteiger partial charge in [0.15, 0.2) is 0 Å². The molecule has 0 aromatic heterocycles. The van der Waals surface area contributed by atoms with E-state index in [0.717, 1.165) is 42.1 Å². The summed E-state index contributed by atoms with van der Waals surface area (Å²) in [6, 6.07) is 13.9. The molecule has 4 heteroatoms. The second-order valence-corrected chi connectivity index (χ2v) is 6.07. The highest BCUT2D eigenvalue weighted by atomic mass is 32.1. The molecule has 3 N–H and O–H groups in total. The van der Waals surface area contributed by atoms with E-state index in [1.165, 1.54) is 0 Å². The van der Waals surface area contributed by atoms with Crippen LogP contribution in [0.15, 0.2) is 42.5 Å². The Morgan fingerprint density at radius 3 is 2.48 bits per heavy atom. The van der Waals surface area contributed by atoms with Crippen LogP contribution < -0.4 is 11.1 Å². The molecule has 0 heterocycles. The minimum atomic E-state index is -0.674. The number of benzene rings is 2. The first kappa shape index (κ1) is 14.0. The summed E-state index contributed by atoms with van der Waals surface area (Å²) in [5, 5.41) is 5.18. The smallest absolute Gasteiger partial charge is 0.237 e. The molecule has 1 aliphatic carbocycles. The number of fused-ring (bicyclic) bond motifs is 1. The highest BCUT2D eigenvalue weighted by Gasteiger charge is 2.44.